The van der Waals surface area contributed by atoms with Crippen LogP contribution in [0.4, 0.5) is 5.69 Å². The highest BCUT2D eigenvalue weighted by atomic mass is 79.9. The second kappa shape index (κ2) is 11.9. The molecule has 15 heteroatoms. The molecule has 0 spiro atoms. The van der Waals surface area contributed by atoms with Crippen LogP contribution in [0.3, 0.4) is 0 Å². The molecule has 2 aromatic heterocycles. The maximum atomic E-state index is 11.3. The number of thiophene rings is 1. The Kier molecular flexibility index (Phi) is 9.24. The summed E-state index contributed by atoms with van der Waals surface area (Å²) in [7, 11) is -8.16. The van der Waals surface area contributed by atoms with Crippen molar-refractivity contribution in [3.05, 3.63) is 55.6 Å². The van der Waals surface area contributed by atoms with Crippen LogP contribution in [0.15, 0.2) is 45.6 Å². The normalized spacial score (nSPS) is 15.4. The molecule has 2 N–H and O–H groups in total. The van der Waals surface area contributed by atoms with Gasteiger partial charge < -0.3 is 9.64 Å². The number of halogens is 2. The second-order valence-electron chi connectivity index (χ2n) is 8.52. The average Bonchev–Trinajstić information content (AvgIpc) is 3.42. The molecule has 3 heterocycles. The molecule has 0 radical (unpaired) electrons. The first-order valence-electron chi connectivity index (χ1n) is 11.5. The third kappa shape index (κ3) is 7.56. The number of thiazole rings is 1. The van der Waals surface area contributed by atoms with E-state index >= 15 is 0 Å². The van der Waals surface area contributed by atoms with Crippen molar-refractivity contribution in [1.29, 1.82) is 0 Å². The van der Waals surface area contributed by atoms with E-state index in [0.717, 1.165) is 23.9 Å². The Balaban J connectivity index is 1.68. The van der Waals surface area contributed by atoms with Crippen molar-refractivity contribution in [2.75, 3.05) is 23.0 Å². The van der Waals surface area contributed by atoms with Crippen molar-refractivity contribution in [3.63, 3.8) is 0 Å². The molecule has 0 saturated carbocycles. The Labute approximate surface area is 242 Å². The number of aromatic nitrogens is 1. The van der Waals surface area contributed by atoms with E-state index in [2.05, 4.69) is 15.9 Å². The number of allylic oxidation sites excluding steroid dienone is 2. The van der Waals surface area contributed by atoms with E-state index in [-0.39, 0.29) is 30.9 Å². The van der Waals surface area contributed by atoms with Crippen molar-refractivity contribution in [2.45, 2.75) is 32.7 Å². The number of rotatable bonds is 11. The summed E-state index contributed by atoms with van der Waals surface area (Å²) in [6.45, 7) is 2.69. The van der Waals surface area contributed by atoms with Crippen molar-refractivity contribution >= 4 is 91.7 Å². The molecule has 0 atom stereocenters. The number of anilines is 1. The van der Waals surface area contributed by atoms with Crippen LogP contribution in [0.5, 0.6) is 5.75 Å². The molecule has 4 rings (SSSR count). The standard InChI is InChI=1S/C23H24BrClN2O7S4/c1-2-15(12-22-27(8-4-10-38(31,32)33)18-14-20(24)35-23(18)36-22)11-21-26(7-3-9-37(28,29)30)17-13-16(25)5-6-19(17)34-21/h5-6,11-14H,2-4,7-10H2,1H3,(H-,28,29,30,31,32,33)/p+1. The molecule has 1 aliphatic rings. The van der Waals surface area contributed by atoms with E-state index in [1.807, 2.05) is 34.6 Å². The fraction of sp³-hybridized carbons (Fsp3) is 0.348. The largest absolute Gasteiger partial charge is 0.439 e. The van der Waals surface area contributed by atoms with Gasteiger partial charge in [0.2, 0.25) is 11.4 Å². The fourth-order valence-corrected chi connectivity index (χ4v) is 8.46. The number of hydrogen-bond acceptors (Lipinski definition) is 8. The van der Waals surface area contributed by atoms with Crippen LogP contribution >= 0.6 is 50.2 Å². The van der Waals surface area contributed by atoms with Crippen LogP contribution in [-0.4, -0.2) is 44.0 Å². The van der Waals surface area contributed by atoms with E-state index in [1.54, 1.807) is 40.9 Å². The lowest BCUT2D eigenvalue weighted by atomic mass is 10.2. The number of hydrogen-bond donors (Lipinski definition) is 2. The van der Waals surface area contributed by atoms with Crippen molar-refractivity contribution < 1.29 is 35.2 Å². The van der Waals surface area contributed by atoms with E-state index in [1.165, 1.54) is 0 Å². The highest BCUT2D eigenvalue weighted by Crippen LogP contribution is 2.41. The van der Waals surface area contributed by atoms with Gasteiger partial charge in [-0.2, -0.15) is 21.4 Å². The molecule has 9 nitrogen and oxygen atoms in total. The molecular weight excluding hydrogens is 660 g/mol. The quantitative estimate of drug-likeness (QED) is 0.193. The summed E-state index contributed by atoms with van der Waals surface area (Å²) >= 11 is 12.9. The molecule has 0 bridgehead atoms. The Morgan fingerprint density at radius 3 is 2.53 bits per heavy atom. The van der Waals surface area contributed by atoms with Gasteiger partial charge in [-0.3, -0.25) is 9.11 Å². The van der Waals surface area contributed by atoms with Crippen molar-refractivity contribution in [2.24, 2.45) is 0 Å². The molecule has 3 aromatic rings. The van der Waals surface area contributed by atoms with Gasteiger partial charge in [0.05, 0.1) is 21.0 Å². The van der Waals surface area contributed by atoms with Crippen LogP contribution in [0.2, 0.25) is 5.02 Å². The molecule has 1 aliphatic heterocycles. The summed E-state index contributed by atoms with van der Waals surface area (Å²) in [6.07, 6.45) is 4.99. The van der Waals surface area contributed by atoms with Crippen LogP contribution in [0, 0.1) is 0 Å². The van der Waals surface area contributed by atoms with Gasteiger partial charge in [-0.1, -0.05) is 29.9 Å². The average molecular weight is 685 g/mol. The molecule has 0 fully saturated rings. The topological polar surface area (TPSA) is 125 Å². The fourth-order valence-electron chi connectivity index (χ4n) is 3.99. The minimum atomic E-state index is -4.10. The first kappa shape index (κ1) is 29.5. The summed E-state index contributed by atoms with van der Waals surface area (Å²) in [6, 6.07) is 7.19. The first-order valence-corrected chi connectivity index (χ1v) is 17.5. The number of benzene rings is 1. The van der Waals surface area contributed by atoms with Gasteiger partial charge >= 0.3 is 0 Å². The summed E-state index contributed by atoms with van der Waals surface area (Å²) in [4.78, 5) is 1.83. The predicted molar refractivity (Wildman–Crippen MR) is 155 cm³/mol. The van der Waals surface area contributed by atoms with Gasteiger partial charge in [-0.15, -0.1) is 11.3 Å². The molecule has 0 saturated heterocycles. The van der Waals surface area contributed by atoms with E-state index in [4.69, 9.17) is 25.4 Å². The first-order chi connectivity index (χ1) is 17.8. The van der Waals surface area contributed by atoms with Crippen molar-refractivity contribution in [3.8, 4) is 5.75 Å². The lowest BCUT2D eigenvalue weighted by Gasteiger charge is -2.18. The van der Waals surface area contributed by atoms with E-state index < -0.39 is 20.2 Å². The minimum absolute atomic E-state index is 0.181. The zero-order chi connectivity index (χ0) is 27.7. The highest BCUT2D eigenvalue weighted by Gasteiger charge is 2.28. The van der Waals surface area contributed by atoms with Crippen LogP contribution < -0.4 is 14.2 Å². The molecule has 38 heavy (non-hydrogen) atoms. The molecule has 1 aromatic carbocycles. The molecule has 206 valence electrons. The second-order valence-corrected chi connectivity index (χ2v) is 15.8. The molecule has 0 unspecified atom stereocenters. The molecule has 0 aliphatic carbocycles. The van der Waals surface area contributed by atoms with Crippen molar-refractivity contribution in [1.82, 2.24) is 0 Å². The van der Waals surface area contributed by atoms with Gasteiger partial charge in [0.1, 0.15) is 0 Å². The lowest BCUT2D eigenvalue weighted by Crippen LogP contribution is -2.35. The summed E-state index contributed by atoms with van der Waals surface area (Å²) in [5.74, 6) is 0.382. The van der Waals surface area contributed by atoms with Crippen LogP contribution in [-0.2, 0) is 26.8 Å². The van der Waals surface area contributed by atoms with Gasteiger partial charge in [-0.25, -0.2) is 0 Å². The van der Waals surface area contributed by atoms with E-state index in [0.29, 0.717) is 35.3 Å². The summed E-state index contributed by atoms with van der Waals surface area (Å²) in [5, 5.41) is 1.43. The SMILES string of the molecule is CCC(=Cc1sc2sc(Br)cc2[n+]1CCCS(=O)(=O)O)C=C1Oc2ccc(Cl)cc2N1CCCS(=O)(=O)O. The predicted octanol–water partition coefficient (Wildman–Crippen LogP) is 5.76. The van der Waals surface area contributed by atoms with Crippen LogP contribution in [0.1, 0.15) is 31.2 Å². The van der Waals surface area contributed by atoms with Gasteiger partial charge in [-0.05, 0) is 52.5 Å². The zero-order valence-corrected chi connectivity index (χ0v) is 25.7. The monoisotopic (exact) mass is 683 g/mol. The molecular formula is C23H25BrClN2O7S4+. The highest BCUT2D eigenvalue weighted by molar-refractivity contribution is 9.11. The minimum Gasteiger partial charge on any atom is -0.439 e. The number of fused-ring (bicyclic) bond motifs is 2. The Hall–Kier alpha value is -1.52. The van der Waals surface area contributed by atoms with Crippen LogP contribution in [0.25, 0.3) is 15.6 Å². The lowest BCUT2D eigenvalue weighted by molar-refractivity contribution is -0.668. The Morgan fingerprint density at radius 2 is 1.84 bits per heavy atom. The zero-order valence-electron chi connectivity index (χ0n) is 20.1. The number of aryl methyl sites for hydroxylation is 1. The Bertz CT molecular complexity index is 1630. The number of nitrogens with zero attached hydrogens (tertiary/aromatic N) is 2. The summed E-state index contributed by atoms with van der Waals surface area (Å²) < 4.78 is 73.5. The smallest absolute Gasteiger partial charge is 0.265 e. The van der Waals surface area contributed by atoms with Gasteiger partial charge in [0.25, 0.3) is 25.2 Å². The summed E-state index contributed by atoms with van der Waals surface area (Å²) in [5.41, 5.74) is 2.61. The molecule has 0 amide bonds. The van der Waals surface area contributed by atoms with E-state index in [9.17, 15) is 16.8 Å². The maximum absolute atomic E-state index is 11.3. The van der Waals surface area contributed by atoms with Gasteiger partial charge in [0, 0.05) is 36.2 Å². The maximum Gasteiger partial charge on any atom is 0.265 e. The third-order valence-corrected chi connectivity index (χ3v) is 10.4. The Morgan fingerprint density at radius 1 is 1.13 bits per heavy atom. The third-order valence-electron chi connectivity index (χ3n) is 5.69. The number of ether oxygens (including phenoxy) is 1. The van der Waals surface area contributed by atoms with Gasteiger partial charge in [0.15, 0.2) is 16.3 Å².